The van der Waals surface area contributed by atoms with Crippen LogP contribution in [0.25, 0.3) is 0 Å². The molecular weight excluding hydrogens is 256 g/mol. The van der Waals surface area contributed by atoms with Crippen molar-refractivity contribution in [3.8, 4) is 5.75 Å². The highest BCUT2D eigenvalue weighted by Crippen LogP contribution is 2.27. The maximum absolute atomic E-state index is 12.3. The van der Waals surface area contributed by atoms with Gasteiger partial charge in [0, 0.05) is 6.42 Å². The number of carbonyl (C=O) groups excluding carboxylic acids is 2. The molecule has 4 nitrogen and oxygen atoms in total. The van der Waals surface area contributed by atoms with Crippen LogP contribution in [0.3, 0.4) is 0 Å². The predicted octanol–water partition coefficient (Wildman–Crippen LogP) is 3.23. The van der Waals surface area contributed by atoms with Crippen LogP contribution in [-0.2, 0) is 9.53 Å². The van der Waals surface area contributed by atoms with E-state index >= 15 is 0 Å². The third kappa shape index (κ3) is 4.37. The second kappa shape index (κ2) is 7.68. The zero-order chi connectivity index (χ0) is 15.1. The Morgan fingerprint density at radius 1 is 1.15 bits per heavy atom. The lowest BCUT2D eigenvalue weighted by Crippen LogP contribution is -2.09. The summed E-state index contributed by atoms with van der Waals surface area (Å²) in [5, 5.41) is 0. The van der Waals surface area contributed by atoms with Gasteiger partial charge in [-0.1, -0.05) is 13.0 Å². The van der Waals surface area contributed by atoms with E-state index in [0.717, 1.165) is 17.5 Å². The summed E-state index contributed by atoms with van der Waals surface area (Å²) in [6.07, 6.45) is 1.11. The molecule has 0 aliphatic carbocycles. The summed E-state index contributed by atoms with van der Waals surface area (Å²) in [6, 6.07) is 3.81. The van der Waals surface area contributed by atoms with Crippen molar-refractivity contribution in [2.24, 2.45) is 0 Å². The highest BCUT2D eigenvalue weighted by molar-refractivity contribution is 6.00. The van der Waals surface area contributed by atoms with Crippen LogP contribution in [0.4, 0.5) is 0 Å². The predicted molar refractivity (Wildman–Crippen MR) is 77.3 cm³/mol. The normalized spacial score (nSPS) is 10.2. The van der Waals surface area contributed by atoms with Crippen LogP contribution < -0.4 is 4.74 Å². The van der Waals surface area contributed by atoms with Gasteiger partial charge in [-0.15, -0.1) is 0 Å². The molecule has 0 saturated heterocycles. The van der Waals surface area contributed by atoms with Gasteiger partial charge in [0.25, 0.3) is 0 Å². The summed E-state index contributed by atoms with van der Waals surface area (Å²) >= 11 is 0. The fourth-order valence-corrected chi connectivity index (χ4v) is 2.01. The smallest absolute Gasteiger partial charge is 0.305 e. The first kappa shape index (κ1) is 16.2. The van der Waals surface area contributed by atoms with Crippen molar-refractivity contribution in [3.63, 3.8) is 0 Å². The maximum atomic E-state index is 12.3. The van der Waals surface area contributed by atoms with Crippen LogP contribution in [-0.4, -0.2) is 25.5 Å². The van der Waals surface area contributed by atoms with E-state index in [1.807, 2.05) is 32.9 Å². The van der Waals surface area contributed by atoms with Crippen LogP contribution >= 0.6 is 0 Å². The molecule has 1 aromatic rings. The van der Waals surface area contributed by atoms with Crippen molar-refractivity contribution < 1.29 is 19.1 Å². The Hall–Kier alpha value is -1.84. The molecule has 4 heteroatoms. The molecule has 110 valence electrons. The van der Waals surface area contributed by atoms with E-state index in [1.54, 1.807) is 0 Å². The minimum atomic E-state index is -0.376. The number of aryl methyl sites for hydroxylation is 2. The molecule has 0 atom stereocenters. The molecule has 0 radical (unpaired) electrons. The minimum Gasteiger partial charge on any atom is -0.493 e. The zero-order valence-corrected chi connectivity index (χ0v) is 12.6. The number of rotatable bonds is 7. The molecule has 0 bridgehead atoms. The van der Waals surface area contributed by atoms with E-state index in [2.05, 4.69) is 4.74 Å². The highest BCUT2D eigenvalue weighted by Gasteiger charge is 2.17. The molecule has 1 rings (SSSR count). The molecule has 0 aromatic heterocycles. The summed E-state index contributed by atoms with van der Waals surface area (Å²) in [6.45, 7) is 6.45. The van der Waals surface area contributed by atoms with E-state index in [-0.39, 0.29) is 24.6 Å². The molecule has 0 aliphatic rings. The average molecular weight is 278 g/mol. The highest BCUT2D eigenvalue weighted by atomic mass is 16.5. The first-order valence-corrected chi connectivity index (χ1v) is 6.83. The summed E-state index contributed by atoms with van der Waals surface area (Å²) in [7, 11) is 1.32. The van der Waals surface area contributed by atoms with Crippen molar-refractivity contribution in [2.75, 3.05) is 13.7 Å². The number of esters is 1. The molecule has 1 aromatic carbocycles. The van der Waals surface area contributed by atoms with Gasteiger partial charge in [-0.2, -0.15) is 0 Å². The lowest BCUT2D eigenvalue weighted by Gasteiger charge is -2.14. The van der Waals surface area contributed by atoms with Crippen LogP contribution in [0.2, 0.25) is 0 Å². The summed E-state index contributed by atoms with van der Waals surface area (Å²) < 4.78 is 10.2. The Morgan fingerprint density at radius 3 is 2.45 bits per heavy atom. The average Bonchev–Trinajstić information content (AvgIpc) is 2.42. The number of ketones is 1. The molecule has 0 unspecified atom stereocenters. The van der Waals surface area contributed by atoms with Gasteiger partial charge in [0.2, 0.25) is 0 Å². The zero-order valence-electron chi connectivity index (χ0n) is 12.6. The number of hydrogen-bond donors (Lipinski definition) is 0. The Balaban J connectivity index is 2.96. The third-order valence-corrected chi connectivity index (χ3v) is 2.95. The molecule has 0 fully saturated rings. The van der Waals surface area contributed by atoms with E-state index in [0.29, 0.717) is 17.9 Å². The monoisotopic (exact) mass is 278 g/mol. The standard InChI is InChI=1S/C16H22O4/c1-5-8-20-16-12(3)9-11(2)10-13(16)14(17)6-7-15(18)19-4/h9-10H,5-8H2,1-4H3. The molecule has 20 heavy (non-hydrogen) atoms. The summed E-state index contributed by atoms with van der Waals surface area (Å²) in [4.78, 5) is 23.4. The Labute approximate surface area is 120 Å². The number of methoxy groups -OCH3 is 1. The third-order valence-electron chi connectivity index (χ3n) is 2.95. The minimum absolute atomic E-state index is 0.0895. The van der Waals surface area contributed by atoms with Crippen molar-refractivity contribution in [3.05, 3.63) is 28.8 Å². The van der Waals surface area contributed by atoms with Gasteiger partial charge in [0.1, 0.15) is 5.75 Å². The number of benzene rings is 1. The Morgan fingerprint density at radius 2 is 1.85 bits per heavy atom. The van der Waals surface area contributed by atoms with E-state index in [9.17, 15) is 9.59 Å². The second-order valence-electron chi connectivity index (χ2n) is 4.81. The fraction of sp³-hybridized carbons (Fsp3) is 0.500. The Kier molecular flexibility index (Phi) is 6.22. The molecule has 0 saturated carbocycles. The second-order valence-corrected chi connectivity index (χ2v) is 4.81. The number of ether oxygens (including phenoxy) is 2. The van der Waals surface area contributed by atoms with Gasteiger partial charge in [-0.3, -0.25) is 9.59 Å². The van der Waals surface area contributed by atoms with Crippen LogP contribution in [0, 0.1) is 13.8 Å². The first-order chi connectivity index (χ1) is 9.49. The fourth-order valence-electron chi connectivity index (χ4n) is 2.01. The first-order valence-electron chi connectivity index (χ1n) is 6.83. The van der Waals surface area contributed by atoms with Crippen LogP contribution in [0.5, 0.6) is 5.75 Å². The summed E-state index contributed by atoms with van der Waals surface area (Å²) in [5.41, 5.74) is 2.51. The quantitative estimate of drug-likeness (QED) is 0.567. The lowest BCUT2D eigenvalue weighted by atomic mass is 10.00. The van der Waals surface area contributed by atoms with Crippen LogP contribution in [0.15, 0.2) is 12.1 Å². The number of hydrogen-bond acceptors (Lipinski definition) is 4. The van der Waals surface area contributed by atoms with Gasteiger partial charge in [0.05, 0.1) is 25.7 Å². The lowest BCUT2D eigenvalue weighted by molar-refractivity contribution is -0.140. The van der Waals surface area contributed by atoms with E-state index < -0.39 is 0 Å². The number of carbonyl (C=O) groups is 2. The number of Topliss-reactive ketones (excluding diaryl/α,β-unsaturated/α-hetero) is 1. The molecule has 0 amide bonds. The topological polar surface area (TPSA) is 52.6 Å². The molecule has 0 N–H and O–H groups in total. The van der Waals surface area contributed by atoms with Gasteiger partial charge >= 0.3 is 5.97 Å². The molecule has 0 spiro atoms. The van der Waals surface area contributed by atoms with Crippen molar-refractivity contribution in [1.82, 2.24) is 0 Å². The van der Waals surface area contributed by atoms with Crippen molar-refractivity contribution in [2.45, 2.75) is 40.0 Å². The maximum Gasteiger partial charge on any atom is 0.305 e. The molecule has 0 heterocycles. The van der Waals surface area contributed by atoms with Gasteiger partial charge < -0.3 is 9.47 Å². The molecule has 0 aliphatic heterocycles. The SMILES string of the molecule is CCCOc1c(C)cc(C)cc1C(=O)CCC(=O)OC. The summed E-state index contributed by atoms with van der Waals surface area (Å²) in [5.74, 6) is 0.166. The van der Waals surface area contributed by atoms with Gasteiger partial charge in [-0.25, -0.2) is 0 Å². The van der Waals surface area contributed by atoms with Crippen LogP contribution in [0.1, 0.15) is 47.7 Å². The molecular formula is C16H22O4. The van der Waals surface area contributed by atoms with E-state index in [4.69, 9.17) is 4.74 Å². The largest absolute Gasteiger partial charge is 0.493 e. The van der Waals surface area contributed by atoms with Crippen molar-refractivity contribution in [1.29, 1.82) is 0 Å². The van der Waals surface area contributed by atoms with Gasteiger partial charge in [0.15, 0.2) is 5.78 Å². The van der Waals surface area contributed by atoms with Gasteiger partial charge in [-0.05, 0) is 37.5 Å². The van der Waals surface area contributed by atoms with Crippen molar-refractivity contribution >= 4 is 11.8 Å². The van der Waals surface area contributed by atoms with E-state index in [1.165, 1.54) is 7.11 Å². The Bertz CT molecular complexity index is 491.